The van der Waals surface area contributed by atoms with Gasteiger partial charge in [0.25, 0.3) is 29.5 Å². The van der Waals surface area contributed by atoms with Crippen LogP contribution >= 0.6 is 0 Å². The first-order valence-electron chi connectivity index (χ1n) is 8.94. The molecule has 0 unspecified atom stereocenters. The van der Waals surface area contributed by atoms with E-state index in [-0.39, 0.29) is 6.41 Å². The molecule has 12 heteroatoms. The van der Waals surface area contributed by atoms with Crippen LogP contribution < -0.4 is 0 Å². The summed E-state index contributed by atoms with van der Waals surface area (Å²) in [6, 6.07) is 0. The van der Waals surface area contributed by atoms with Gasteiger partial charge in [0.05, 0.1) is 19.6 Å². The SMILES string of the molecule is C/C=C\C(=O)N(C=O)CC(CN1C(=O)C=CC1=O)(CN1C(=O)C=CC1=O)OCC(=O)O. The molecule has 2 aliphatic rings. The summed E-state index contributed by atoms with van der Waals surface area (Å²) in [5.41, 5.74) is -1.97. The van der Waals surface area contributed by atoms with Crippen molar-refractivity contribution in [2.75, 3.05) is 26.2 Å². The number of carbonyl (C=O) groups is 7. The molecule has 12 nitrogen and oxygen atoms in total. The lowest BCUT2D eigenvalue weighted by molar-refractivity contribution is -0.162. The molecule has 0 aromatic heterocycles. The van der Waals surface area contributed by atoms with Crippen LogP contribution in [0.25, 0.3) is 0 Å². The Bertz CT molecular complexity index is 839. The van der Waals surface area contributed by atoms with Crippen LogP contribution in [0.15, 0.2) is 36.5 Å². The second kappa shape index (κ2) is 9.71. The summed E-state index contributed by atoms with van der Waals surface area (Å²) in [6.45, 7) is -1.35. The van der Waals surface area contributed by atoms with Crippen molar-refractivity contribution in [1.82, 2.24) is 14.7 Å². The molecule has 0 aromatic carbocycles. The number of imide groups is 3. The number of carboxylic acid groups (broad SMARTS) is 1. The lowest BCUT2D eigenvalue weighted by atomic mass is 10.0. The second-order valence-electron chi connectivity index (χ2n) is 6.63. The molecular formula is C19H19N3O9. The molecule has 164 valence electrons. The van der Waals surface area contributed by atoms with Crippen LogP contribution in [0.2, 0.25) is 0 Å². The molecule has 0 atom stereocenters. The maximum atomic E-state index is 12.2. The first-order chi connectivity index (χ1) is 14.6. The number of carbonyl (C=O) groups excluding carboxylic acids is 6. The number of rotatable bonds is 11. The summed E-state index contributed by atoms with van der Waals surface area (Å²) in [5.74, 6) is -5.22. The van der Waals surface area contributed by atoms with Crippen LogP contribution in [0.5, 0.6) is 0 Å². The smallest absolute Gasteiger partial charge is 0.329 e. The first kappa shape index (κ1) is 23.3. The van der Waals surface area contributed by atoms with E-state index < -0.39 is 67.3 Å². The van der Waals surface area contributed by atoms with Crippen LogP contribution in [-0.2, 0) is 38.3 Å². The molecule has 0 saturated heterocycles. The topological polar surface area (TPSA) is 159 Å². The van der Waals surface area contributed by atoms with E-state index in [4.69, 9.17) is 9.84 Å². The zero-order chi connectivity index (χ0) is 23.2. The van der Waals surface area contributed by atoms with Gasteiger partial charge in [-0.05, 0) is 13.0 Å². The normalized spacial score (nSPS) is 16.2. The minimum Gasteiger partial charge on any atom is -0.480 e. The first-order valence-corrected chi connectivity index (χ1v) is 8.94. The molecule has 2 aliphatic heterocycles. The van der Waals surface area contributed by atoms with Gasteiger partial charge in [-0.25, -0.2) is 4.79 Å². The number of nitrogens with zero attached hydrogens (tertiary/aromatic N) is 3. The fourth-order valence-corrected chi connectivity index (χ4v) is 2.97. The van der Waals surface area contributed by atoms with E-state index in [0.717, 1.165) is 30.4 Å². The number of amides is 6. The molecule has 0 radical (unpaired) electrons. The van der Waals surface area contributed by atoms with Crippen molar-refractivity contribution in [3.8, 4) is 0 Å². The van der Waals surface area contributed by atoms with Gasteiger partial charge in [-0.1, -0.05) is 6.08 Å². The highest BCUT2D eigenvalue weighted by Gasteiger charge is 2.44. The molecular weight excluding hydrogens is 414 g/mol. The predicted octanol–water partition coefficient (Wildman–Crippen LogP) is -1.76. The average Bonchev–Trinajstić information content (AvgIpc) is 3.20. The minimum absolute atomic E-state index is 0.152. The van der Waals surface area contributed by atoms with E-state index in [0.29, 0.717) is 14.7 Å². The zero-order valence-corrected chi connectivity index (χ0v) is 16.4. The monoisotopic (exact) mass is 433 g/mol. The molecule has 31 heavy (non-hydrogen) atoms. The third kappa shape index (κ3) is 5.57. The quantitative estimate of drug-likeness (QED) is 0.226. The van der Waals surface area contributed by atoms with Crippen LogP contribution in [-0.4, -0.2) is 93.6 Å². The van der Waals surface area contributed by atoms with Crippen LogP contribution in [0.1, 0.15) is 6.92 Å². The maximum Gasteiger partial charge on any atom is 0.329 e. The van der Waals surface area contributed by atoms with E-state index >= 15 is 0 Å². The maximum absolute atomic E-state index is 12.2. The van der Waals surface area contributed by atoms with Gasteiger partial charge in [-0.3, -0.25) is 43.5 Å². The summed E-state index contributed by atoms with van der Waals surface area (Å²) in [6.07, 6.45) is 6.45. The number of carboxylic acids is 1. The molecule has 0 aliphatic carbocycles. The Hall–Kier alpha value is -3.93. The number of allylic oxidation sites excluding steroid dienone is 1. The number of hydrogen-bond donors (Lipinski definition) is 1. The van der Waals surface area contributed by atoms with Gasteiger partial charge in [0, 0.05) is 24.3 Å². The molecule has 1 N–H and O–H groups in total. The average molecular weight is 433 g/mol. The van der Waals surface area contributed by atoms with E-state index in [1.165, 1.54) is 13.0 Å². The van der Waals surface area contributed by atoms with E-state index in [2.05, 4.69) is 0 Å². The van der Waals surface area contributed by atoms with Gasteiger partial charge in [0.2, 0.25) is 6.41 Å². The van der Waals surface area contributed by atoms with Crippen LogP contribution in [0, 0.1) is 0 Å². The third-order valence-electron chi connectivity index (χ3n) is 4.37. The lowest BCUT2D eigenvalue weighted by Crippen LogP contribution is -2.61. The van der Waals surface area contributed by atoms with Crippen molar-refractivity contribution >= 4 is 41.9 Å². The van der Waals surface area contributed by atoms with E-state index in [1.54, 1.807) is 0 Å². The highest BCUT2D eigenvalue weighted by atomic mass is 16.5. The van der Waals surface area contributed by atoms with E-state index in [9.17, 15) is 33.6 Å². The van der Waals surface area contributed by atoms with Gasteiger partial charge in [0.15, 0.2) is 0 Å². The summed E-state index contributed by atoms with van der Waals surface area (Å²) in [7, 11) is 0. The van der Waals surface area contributed by atoms with Crippen molar-refractivity contribution in [3.63, 3.8) is 0 Å². The van der Waals surface area contributed by atoms with Gasteiger partial charge in [0.1, 0.15) is 12.2 Å². The summed E-state index contributed by atoms with van der Waals surface area (Å²) >= 11 is 0. The lowest BCUT2D eigenvalue weighted by Gasteiger charge is -2.39. The fraction of sp³-hybridized carbons (Fsp3) is 0.316. The largest absolute Gasteiger partial charge is 0.480 e. The standard InChI is InChI=1S/C19H19N3O9/c1-2-3-13(24)20(12-23)9-19(31-8-18(29)30,10-21-14(25)4-5-15(21)26)11-22-16(27)6-7-17(22)28/h2-7,12H,8-11H2,1H3,(H,29,30)/b3-2-. The third-order valence-corrected chi connectivity index (χ3v) is 4.37. The molecule has 0 bridgehead atoms. The minimum atomic E-state index is -1.97. The van der Waals surface area contributed by atoms with E-state index in [1.807, 2.05) is 0 Å². The van der Waals surface area contributed by atoms with Crippen molar-refractivity contribution in [2.24, 2.45) is 0 Å². The van der Waals surface area contributed by atoms with Gasteiger partial charge in [-0.15, -0.1) is 0 Å². The molecule has 0 aromatic rings. The number of hydrogen-bond acceptors (Lipinski definition) is 8. The Labute approximate surface area is 176 Å². The summed E-state index contributed by atoms with van der Waals surface area (Å²) in [5, 5.41) is 9.09. The van der Waals surface area contributed by atoms with Crippen molar-refractivity contribution < 1.29 is 43.4 Å². The van der Waals surface area contributed by atoms with Crippen molar-refractivity contribution in [2.45, 2.75) is 12.5 Å². The Morgan fingerprint density at radius 3 is 1.81 bits per heavy atom. The highest BCUT2D eigenvalue weighted by molar-refractivity contribution is 6.13. The molecule has 2 rings (SSSR count). The number of aliphatic carboxylic acids is 1. The summed E-state index contributed by atoms with van der Waals surface area (Å²) < 4.78 is 5.44. The molecule has 2 heterocycles. The van der Waals surface area contributed by atoms with Crippen molar-refractivity contribution in [1.29, 1.82) is 0 Å². The predicted molar refractivity (Wildman–Crippen MR) is 101 cm³/mol. The Balaban J connectivity index is 2.47. The van der Waals surface area contributed by atoms with Gasteiger partial charge < -0.3 is 9.84 Å². The Kier molecular flexibility index (Phi) is 7.32. The molecule has 0 fully saturated rings. The second-order valence-corrected chi connectivity index (χ2v) is 6.63. The van der Waals surface area contributed by atoms with Gasteiger partial charge >= 0.3 is 5.97 Å². The van der Waals surface area contributed by atoms with Crippen LogP contribution in [0.4, 0.5) is 0 Å². The molecule has 0 saturated carbocycles. The molecule has 0 spiro atoms. The highest BCUT2D eigenvalue weighted by Crippen LogP contribution is 2.22. The Morgan fingerprint density at radius 1 is 1.00 bits per heavy atom. The Morgan fingerprint density at radius 2 is 1.45 bits per heavy atom. The van der Waals surface area contributed by atoms with Crippen molar-refractivity contribution in [3.05, 3.63) is 36.5 Å². The number of ether oxygens (including phenoxy) is 1. The van der Waals surface area contributed by atoms with Gasteiger partial charge in [-0.2, -0.15) is 0 Å². The summed E-state index contributed by atoms with van der Waals surface area (Å²) in [4.78, 5) is 85.3. The zero-order valence-electron chi connectivity index (χ0n) is 16.4. The molecule has 6 amide bonds. The fourth-order valence-electron chi connectivity index (χ4n) is 2.97. The van der Waals surface area contributed by atoms with Crippen LogP contribution in [0.3, 0.4) is 0 Å².